The Morgan fingerprint density at radius 2 is 1.81 bits per heavy atom. The van der Waals surface area contributed by atoms with Gasteiger partial charge in [0.15, 0.2) is 5.65 Å². The van der Waals surface area contributed by atoms with Crippen molar-refractivity contribution in [1.82, 2.24) is 24.1 Å². The molecule has 7 nitrogen and oxygen atoms in total. The van der Waals surface area contributed by atoms with Gasteiger partial charge in [-0.05, 0) is 46.5 Å². The zero-order valence-corrected chi connectivity index (χ0v) is 16.4. The van der Waals surface area contributed by atoms with E-state index in [2.05, 4.69) is 26.0 Å². The zero-order valence-electron chi connectivity index (χ0n) is 16.4. The Kier molecular flexibility index (Phi) is 4.45. The Balaban J connectivity index is 1.50. The Hall–Kier alpha value is -2.70. The smallest absolute Gasteiger partial charge is 0.256 e. The van der Waals surface area contributed by atoms with Crippen LogP contribution in [0.4, 0.5) is 5.82 Å². The highest BCUT2D eigenvalue weighted by Crippen LogP contribution is 2.25. The van der Waals surface area contributed by atoms with Crippen LogP contribution in [0.25, 0.3) is 5.65 Å². The maximum atomic E-state index is 12.4. The molecule has 0 saturated carbocycles. The van der Waals surface area contributed by atoms with Crippen molar-refractivity contribution in [3.05, 3.63) is 51.5 Å². The number of anilines is 1. The van der Waals surface area contributed by atoms with Crippen LogP contribution in [0.5, 0.6) is 0 Å². The minimum absolute atomic E-state index is 0.0865. The number of nitrogens with zero attached hydrogens (tertiary/aromatic N) is 6. The van der Waals surface area contributed by atoms with E-state index in [1.165, 1.54) is 0 Å². The highest BCUT2D eigenvalue weighted by molar-refractivity contribution is 5.52. The molecule has 0 atom stereocenters. The minimum atomic E-state index is 0.0865. The maximum absolute atomic E-state index is 12.4. The van der Waals surface area contributed by atoms with Crippen LogP contribution in [0.2, 0.25) is 0 Å². The third-order valence-electron chi connectivity index (χ3n) is 5.57. The van der Waals surface area contributed by atoms with E-state index in [-0.39, 0.29) is 5.56 Å². The third kappa shape index (κ3) is 3.34. The van der Waals surface area contributed by atoms with E-state index in [0.717, 1.165) is 66.6 Å². The summed E-state index contributed by atoms with van der Waals surface area (Å²) in [6, 6.07) is 4.12. The fraction of sp³-hybridized carbons (Fsp3) is 0.500. The van der Waals surface area contributed by atoms with E-state index in [4.69, 9.17) is 0 Å². The van der Waals surface area contributed by atoms with E-state index in [1.807, 2.05) is 38.3 Å². The molecule has 1 saturated heterocycles. The number of hydrogen-bond acceptors (Lipinski definition) is 5. The predicted molar refractivity (Wildman–Crippen MR) is 105 cm³/mol. The first-order valence-electron chi connectivity index (χ1n) is 9.54. The van der Waals surface area contributed by atoms with Crippen molar-refractivity contribution in [2.24, 2.45) is 5.92 Å². The van der Waals surface area contributed by atoms with Crippen molar-refractivity contribution in [2.45, 2.75) is 47.1 Å². The molecule has 4 heterocycles. The summed E-state index contributed by atoms with van der Waals surface area (Å²) in [6.45, 7) is 10.4. The van der Waals surface area contributed by atoms with Crippen LogP contribution in [0.1, 0.15) is 35.5 Å². The minimum Gasteiger partial charge on any atom is -0.356 e. The van der Waals surface area contributed by atoms with E-state index >= 15 is 0 Å². The highest BCUT2D eigenvalue weighted by Gasteiger charge is 2.23. The summed E-state index contributed by atoms with van der Waals surface area (Å²) in [5.74, 6) is 1.59. The lowest BCUT2D eigenvalue weighted by Gasteiger charge is -2.33. The van der Waals surface area contributed by atoms with Crippen molar-refractivity contribution in [1.29, 1.82) is 0 Å². The molecule has 0 amide bonds. The van der Waals surface area contributed by atoms with Gasteiger partial charge in [0.1, 0.15) is 5.82 Å². The lowest BCUT2D eigenvalue weighted by atomic mass is 9.96. The Labute approximate surface area is 158 Å². The van der Waals surface area contributed by atoms with Gasteiger partial charge in [-0.3, -0.25) is 9.36 Å². The standard InChI is InChI=1S/C20H26N6O/c1-13-10-19(26-18(22-13)9-14(2)23-26)24-7-5-17(6-8-24)11-25-12-21-16(4)15(3)20(25)27/h9-10,12,17H,5-8,11H2,1-4H3. The third-order valence-corrected chi connectivity index (χ3v) is 5.57. The molecule has 142 valence electrons. The van der Waals surface area contributed by atoms with E-state index in [1.54, 1.807) is 10.9 Å². The molecule has 3 aromatic heterocycles. The Bertz CT molecular complexity index is 1040. The van der Waals surface area contributed by atoms with E-state index < -0.39 is 0 Å². The molecule has 0 bridgehead atoms. The molecular formula is C20H26N6O. The van der Waals surface area contributed by atoms with Gasteiger partial charge in [0.05, 0.1) is 12.0 Å². The van der Waals surface area contributed by atoms with Gasteiger partial charge < -0.3 is 4.90 Å². The van der Waals surface area contributed by atoms with Crippen LogP contribution < -0.4 is 10.5 Å². The monoisotopic (exact) mass is 366 g/mol. The first-order valence-corrected chi connectivity index (χ1v) is 9.54. The molecule has 0 spiro atoms. The molecule has 1 aliphatic rings. The van der Waals surface area contributed by atoms with Crippen molar-refractivity contribution in [3.63, 3.8) is 0 Å². The number of piperidine rings is 1. The van der Waals surface area contributed by atoms with Gasteiger partial charge in [-0.2, -0.15) is 9.61 Å². The lowest BCUT2D eigenvalue weighted by Crippen LogP contribution is -2.37. The average Bonchev–Trinajstić information content (AvgIpc) is 3.02. The fourth-order valence-corrected chi connectivity index (χ4v) is 3.85. The van der Waals surface area contributed by atoms with E-state index in [9.17, 15) is 4.79 Å². The van der Waals surface area contributed by atoms with Gasteiger partial charge in [-0.15, -0.1) is 0 Å². The molecule has 27 heavy (non-hydrogen) atoms. The molecular weight excluding hydrogens is 340 g/mol. The molecule has 0 aromatic carbocycles. The summed E-state index contributed by atoms with van der Waals surface area (Å²) in [7, 11) is 0. The number of aryl methyl sites for hydroxylation is 3. The summed E-state index contributed by atoms with van der Waals surface area (Å²) in [5, 5.41) is 4.60. The van der Waals surface area contributed by atoms with Crippen molar-refractivity contribution in [2.75, 3.05) is 18.0 Å². The van der Waals surface area contributed by atoms with Crippen molar-refractivity contribution in [3.8, 4) is 0 Å². The zero-order chi connectivity index (χ0) is 19.1. The topological polar surface area (TPSA) is 68.3 Å². The number of aromatic nitrogens is 5. The molecule has 7 heteroatoms. The van der Waals surface area contributed by atoms with Gasteiger partial charge >= 0.3 is 0 Å². The molecule has 3 aromatic rings. The van der Waals surface area contributed by atoms with Crippen LogP contribution >= 0.6 is 0 Å². The number of rotatable bonds is 3. The number of fused-ring (bicyclic) bond motifs is 1. The summed E-state index contributed by atoms with van der Waals surface area (Å²) in [6.07, 6.45) is 3.78. The quantitative estimate of drug-likeness (QED) is 0.712. The second-order valence-corrected chi connectivity index (χ2v) is 7.65. The average molecular weight is 366 g/mol. The number of hydrogen-bond donors (Lipinski definition) is 0. The second kappa shape index (κ2) is 6.79. The Morgan fingerprint density at radius 1 is 1.07 bits per heavy atom. The highest BCUT2D eigenvalue weighted by atomic mass is 16.1. The summed E-state index contributed by atoms with van der Waals surface area (Å²) < 4.78 is 3.72. The molecule has 0 radical (unpaired) electrons. The molecule has 4 rings (SSSR count). The molecule has 0 N–H and O–H groups in total. The second-order valence-electron chi connectivity index (χ2n) is 7.65. The van der Waals surface area contributed by atoms with Gasteiger partial charge in [0.2, 0.25) is 0 Å². The van der Waals surface area contributed by atoms with Crippen LogP contribution in [-0.2, 0) is 6.54 Å². The van der Waals surface area contributed by atoms with Gasteiger partial charge in [0, 0.05) is 48.7 Å². The predicted octanol–water partition coefficient (Wildman–Crippen LogP) is 2.44. The van der Waals surface area contributed by atoms with E-state index in [0.29, 0.717) is 5.92 Å². The normalized spacial score (nSPS) is 15.6. The van der Waals surface area contributed by atoms with Crippen LogP contribution in [-0.4, -0.2) is 37.2 Å². The van der Waals surface area contributed by atoms with Crippen molar-refractivity contribution >= 4 is 11.5 Å². The first kappa shape index (κ1) is 17.7. The molecule has 1 aliphatic heterocycles. The fourth-order valence-electron chi connectivity index (χ4n) is 3.85. The van der Waals surface area contributed by atoms with Crippen LogP contribution in [0, 0.1) is 33.6 Å². The molecule has 0 unspecified atom stereocenters. The van der Waals surface area contributed by atoms with Gasteiger partial charge in [0.25, 0.3) is 5.56 Å². The summed E-state index contributed by atoms with van der Waals surface area (Å²) in [4.78, 5) is 23.7. The van der Waals surface area contributed by atoms with Crippen molar-refractivity contribution < 1.29 is 0 Å². The lowest BCUT2D eigenvalue weighted by molar-refractivity contribution is 0.349. The Morgan fingerprint density at radius 3 is 2.56 bits per heavy atom. The SMILES string of the molecule is Cc1cc(N2CCC(Cn3cnc(C)c(C)c3=O)CC2)n2nc(C)cc2n1. The summed E-state index contributed by atoms with van der Waals surface area (Å²) in [5.41, 5.74) is 4.54. The van der Waals surface area contributed by atoms with Crippen LogP contribution in [0.3, 0.4) is 0 Å². The molecule has 1 fully saturated rings. The van der Waals surface area contributed by atoms with Crippen LogP contribution in [0.15, 0.2) is 23.3 Å². The summed E-state index contributed by atoms with van der Waals surface area (Å²) >= 11 is 0. The largest absolute Gasteiger partial charge is 0.356 e. The van der Waals surface area contributed by atoms with Gasteiger partial charge in [-0.25, -0.2) is 9.97 Å². The van der Waals surface area contributed by atoms with Gasteiger partial charge in [-0.1, -0.05) is 0 Å². The molecule has 0 aliphatic carbocycles. The maximum Gasteiger partial charge on any atom is 0.256 e. The first-order chi connectivity index (χ1) is 12.9.